The zero-order chi connectivity index (χ0) is 8.27. The van der Waals surface area contributed by atoms with Gasteiger partial charge < -0.3 is 5.32 Å². The fourth-order valence-electron chi connectivity index (χ4n) is 1.40. The highest BCUT2D eigenvalue weighted by molar-refractivity contribution is 4.97. The van der Waals surface area contributed by atoms with E-state index in [0.717, 1.165) is 5.92 Å². The summed E-state index contributed by atoms with van der Waals surface area (Å²) >= 11 is 0. The summed E-state index contributed by atoms with van der Waals surface area (Å²) in [6.45, 7) is 4.25. The molecule has 0 amide bonds. The van der Waals surface area contributed by atoms with Gasteiger partial charge in [0.2, 0.25) is 0 Å². The van der Waals surface area contributed by atoms with Gasteiger partial charge in [-0.3, -0.25) is 0 Å². The number of nitrogens with one attached hydrogen (secondary N) is 1. The monoisotopic (exact) mass is 151 g/mol. The minimum atomic E-state index is 0.226. The first-order chi connectivity index (χ1) is 5.22. The van der Waals surface area contributed by atoms with Gasteiger partial charge in [-0.2, -0.15) is 0 Å². The van der Waals surface area contributed by atoms with Gasteiger partial charge in [-0.15, -0.1) is 6.42 Å². The normalized spacial score (nSPS) is 22.3. The fraction of sp³-hybridized carbons (Fsp3) is 0.800. The number of hydrogen-bond acceptors (Lipinski definition) is 1. The Morgan fingerprint density at radius 1 is 1.55 bits per heavy atom. The average molecular weight is 151 g/mol. The maximum atomic E-state index is 5.25. The van der Waals surface area contributed by atoms with Crippen LogP contribution in [0, 0.1) is 18.3 Å². The molecular weight excluding hydrogens is 134 g/mol. The molecule has 2 unspecified atom stereocenters. The van der Waals surface area contributed by atoms with Gasteiger partial charge in [0, 0.05) is 6.04 Å². The van der Waals surface area contributed by atoms with Gasteiger partial charge in [0.15, 0.2) is 0 Å². The molecule has 1 heteroatoms. The van der Waals surface area contributed by atoms with Crippen molar-refractivity contribution in [1.29, 1.82) is 0 Å². The lowest BCUT2D eigenvalue weighted by Crippen LogP contribution is -2.33. The van der Waals surface area contributed by atoms with Crippen molar-refractivity contribution in [3.63, 3.8) is 0 Å². The molecule has 2 atom stereocenters. The van der Waals surface area contributed by atoms with Crippen LogP contribution in [0.3, 0.4) is 0 Å². The third-order valence-electron chi connectivity index (χ3n) is 2.17. The minimum Gasteiger partial charge on any atom is -0.301 e. The highest BCUT2D eigenvalue weighted by Crippen LogP contribution is 2.33. The number of rotatable bonds is 4. The Labute approximate surface area is 69.6 Å². The summed E-state index contributed by atoms with van der Waals surface area (Å²) in [5, 5.41) is 3.36. The molecule has 0 aromatic carbocycles. The SMILES string of the molecule is C#CC(C)NC(C)CC1CC1. The number of terminal acetylenes is 1. The standard InChI is InChI=1S/C10H17N/c1-4-8(2)11-9(3)7-10-5-6-10/h1,8-11H,5-7H2,2-3H3. The van der Waals surface area contributed by atoms with Gasteiger partial charge in [-0.1, -0.05) is 18.8 Å². The second-order valence-corrected chi connectivity index (χ2v) is 3.64. The smallest absolute Gasteiger partial charge is 0.0660 e. The van der Waals surface area contributed by atoms with Crippen LogP contribution in [0.15, 0.2) is 0 Å². The molecule has 0 aromatic heterocycles. The van der Waals surface area contributed by atoms with Crippen molar-refractivity contribution in [2.24, 2.45) is 5.92 Å². The van der Waals surface area contributed by atoms with Gasteiger partial charge >= 0.3 is 0 Å². The quantitative estimate of drug-likeness (QED) is 0.604. The van der Waals surface area contributed by atoms with Gasteiger partial charge in [-0.05, 0) is 26.2 Å². The molecule has 0 bridgehead atoms. The Bertz CT molecular complexity index is 153. The molecule has 1 saturated carbocycles. The lowest BCUT2D eigenvalue weighted by atomic mass is 10.1. The molecule has 1 rings (SSSR count). The Balaban J connectivity index is 2.09. The zero-order valence-corrected chi connectivity index (χ0v) is 7.43. The Kier molecular flexibility index (Phi) is 2.96. The number of hydrogen-bond donors (Lipinski definition) is 1. The van der Waals surface area contributed by atoms with E-state index in [9.17, 15) is 0 Å². The molecule has 11 heavy (non-hydrogen) atoms. The summed E-state index contributed by atoms with van der Waals surface area (Å²) in [5.74, 6) is 3.67. The highest BCUT2D eigenvalue weighted by Gasteiger charge is 2.23. The second-order valence-electron chi connectivity index (χ2n) is 3.64. The molecule has 1 nitrogen and oxygen atoms in total. The van der Waals surface area contributed by atoms with Crippen molar-refractivity contribution in [3.8, 4) is 12.3 Å². The van der Waals surface area contributed by atoms with Crippen LogP contribution in [-0.2, 0) is 0 Å². The van der Waals surface area contributed by atoms with Crippen LogP contribution < -0.4 is 5.32 Å². The largest absolute Gasteiger partial charge is 0.301 e. The lowest BCUT2D eigenvalue weighted by molar-refractivity contribution is 0.471. The fourth-order valence-corrected chi connectivity index (χ4v) is 1.40. The molecule has 1 aliphatic carbocycles. The molecule has 0 saturated heterocycles. The Morgan fingerprint density at radius 2 is 2.18 bits per heavy atom. The molecule has 1 fully saturated rings. The van der Waals surface area contributed by atoms with E-state index < -0.39 is 0 Å². The summed E-state index contributed by atoms with van der Waals surface area (Å²) < 4.78 is 0. The highest BCUT2D eigenvalue weighted by atomic mass is 14.9. The van der Waals surface area contributed by atoms with E-state index in [-0.39, 0.29) is 6.04 Å². The van der Waals surface area contributed by atoms with E-state index in [1.165, 1.54) is 19.3 Å². The van der Waals surface area contributed by atoms with E-state index in [2.05, 4.69) is 18.2 Å². The average Bonchev–Trinajstić information content (AvgIpc) is 2.71. The van der Waals surface area contributed by atoms with Crippen molar-refractivity contribution in [3.05, 3.63) is 0 Å². The summed E-state index contributed by atoms with van der Waals surface area (Å²) in [5.41, 5.74) is 0. The lowest BCUT2D eigenvalue weighted by Gasteiger charge is -2.15. The van der Waals surface area contributed by atoms with E-state index in [1.807, 2.05) is 6.92 Å². The Hall–Kier alpha value is -0.480. The first-order valence-corrected chi connectivity index (χ1v) is 4.44. The predicted molar refractivity (Wildman–Crippen MR) is 48.2 cm³/mol. The Morgan fingerprint density at radius 3 is 2.64 bits per heavy atom. The van der Waals surface area contributed by atoms with Crippen molar-refractivity contribution >= 4 is 0 Å². The third-order valence-corrected chi connectivity index (χ3v) is 2.17. The van der Waals surface area contributed by atoms with E-state index in [1.54, 1.807) is 0 Å². The molecular formula is C10H17N. The van der Waals surface area contributed by atoms with Crippen LogP contribution in [0.2, 0.25) is 0 Å². The van der Waals surface area contributed by atoms with Gasteiger partial charge in [0.25, 0.3) is 0 Å². The van der Waals surface area contributed by atoms with Crippen LogP contribution in [0.25, 0.3) is 0 Å². The second kappa shape index (κ2) is 3.78. The van der Waals surface area contributed by atoms with Crippen LogP contribution in [0.4, 0.5) is 0 Å². The van der Waals surface area contributed by atoms with E-state index >= 15 is 0 Å². The summed E-state index contributed by atoms with van der Waals surface area (Å²) in [6, 6.07) is 0.817. The molecule has 0 heterocycles. The van der Waals surface area contributed by atoms with Crippen LogP contribution >= 0.6 is 0 Å². The zero-order valence-electron chi connectivity index (χ0n) is 7.43. The third kappa shape index (κ3) is 3.43. The van der Waals surface area contributed by atoms with Crippen molar-refractivity contribution < 1.29 is 0 Å². The molecule has 0 radical (unpaired) electrons. The maximum Gasteiger partial charge on any atom is 0.0660 e. The summed E-state index contributed by atoms with van der Waals surface area (Å²) in [4.78, 5) is 0. The molecule has 0 spiro atoms. The molecule has 1 N–H and O–H groups in total. The van der Waals surface area contributed by atoms with Crippen molar-refractivity contribution in [2.75, 3.05) is 0 Å². The van der Waals surface area contributed by atoms with Gasteiger partial charge in [0.05, 0.1) is 6.04 Å². The van der Waals surface area contributed by atoms with Gasteiger partial charge in [-0.25, -0.2) is 0 Å². The topological polar surface area (TPSA) is 12.0 Å². The predicted octanol–water partition coefficient (Wildman–Crippen LogP) is 1.79. The minimum absolute atomic E-state index is 0.226. The summed E-state index contributed by atoms with van der Waals surface area (Å²) in [6.07, 6.45) is 9.41. The molecule has 0 aromatic rings. The van der Waals surface area contributed by atoms with E-state index in [0.29, 0.717) is 6.04 Å². The summed E-state index contributed by atoms with van der Waals surface area (Å²) in [7, 11) is 0. The van der Waals surface area contributed by atoms with E-state index in [4.69, 9.17) is 6.42 Å². The maximum absolute atomic E-state index is 5.25. The molecule has 1 aliphatic rings. The first-order valence-electron chi connectivity index (χ1n) is 4.44. The molecule has 0 aliphatic heterocycles. The molecule has 62 valence electrons. The first kappa shape index (κ1) is 8.62. The van der Waals surface area contributed by atoms with Crippen LogP contribution in [0.5, 0.6) is 0 Å². The van der Waals surface area contributed by atoms with Crippen LogP contribution in [0.1, 0.15) is 33.1 Å². The van der Waals surface area contributed by atoms with Crippen LogP contribution in [-0.4, -0.2) is 12.1 Å². The van der Waals surface area contributed by atoms with Crippen molar-refractivity contribution in [2.45, 2.75) is 45.2 Å². The van der Waals surface area contributed by atoms with Gasteiger partial charge in [0.1, 0.15) is 0 Å². The van der Waals surface area contributed by atoms with Crippen molar-refractivity contribution in [1.82, 2.24) is 5.32 Å².